The van der Waals surface area contributed by atoms with Crippen molar-refractivity contribution in [3.05, 3.63) is 33.8 Å². The molecule has 0 aliphatic carbocycles. The smallest absolute Gasteiger partial charge is 0.307 e. The molecule has 2 atom stereocenters. The summed E-state index contributed by atoms with van der Waals surface area (Å²) in [4.78, 5) is 23.8. The maximum atomic E-state index is 12.6. The maximum absolute atomic E-state index is 12.6. The fourth-order valence-electron chi connectivity index (χ4n) is 1.93. The molecule has 0 heterocycles. The molecule has 0 saturated heterocycles. The molecular formula is C14H16Cl2O4. The van der Waals surface area contributed by atoms with Crippen molar-refractivity contribution in [1.29, 1.82) is 0 Å². The van der Waals surface area contributed by atoms with Crippen LogP contribution >= 0.6 is 23.2 Å². The predicted octanol–water partition coefficient (Wildman–Crippen LogP) is 3.55. The zero-order valence-corrected chi connectivity index (χ0v) is 13.0. The number of carbonyl (C=O) groups is 2. The van der Waals surface area contributed by atoms with Crippen molar-refractivity contribution in [3.8, 4) is 0 Å². The predicted molar refractivity (Wildman–Crippen MR) is 77.6 cm³/mol. The van der Waals surface area contributed by atoms with Gasteiger partial charge in [-0.15, -0.1) is 0 Å². The van der Waals surface area contributed by atoms with E-state index in [9.17, 15) is 14.7 Å². The SMILES string of the molecule is COCC(C)(C(=O)c1ccc(Cl)c(Cl)c1)C(C)C(=O)O. The topological polar surface area (TPSA) is 63.6 Å². The molecule has 0 aromatic heterocycles. The van der Waals surface area contributed by atoms with Gasteiger partial charge in [-0.1, -0.05) is 30.1 Å². The highest BCUT2D eigenvalue weighted by molar-refractivity contribution is 6.42. The molecule has 0 amide bonds. The lowest BCUT2D eigenvalue weighted by atomic mass is 9.73. The van der Waals surface area contributed by atoms with E-state index < -0.39 is 17.3 Å². The Labute approximate surface area is 127 Å². The van der Waals surface area contributed by atoms with Gasteiger partial charge in [0.05, 0.1) is 28.0 Å². The van der Waals surface area contributed by atoms with Gasteiger partial charge in [0.25, 0.3) is 0 Å². The first-order chi connectivity index (χ1) is 9.24. The average Bonchev–Trinajstić information content (AvgIpc) is 2.40. The first-order valence-electron chi connectivity index (χ1n) is 5.95. The van der Waals surface area contributed by atoms with Gasteiger partial charge in [-0.2, -0.15) is 0 Å². The summed E-state index contributed by atoms with van der Waals surface area (Å²) in [6.45, 7) is 3.05. The van der Waals surface area contributed by atoms with Crippen molar-refractivity contribution in [2.45, 2.75) is 13.8 Å². The van der Waals surface area contributed by atoms with E-state index in [2.05, 4.69) is 0 Å². The Hall–Kier alpha value is -1.10. The van der Waals surface area contributed by atoms with Gasteiger partial charge in [-0.25, -0.2) is 0 Å². The number of ether oxygens (including phenoxy) is 1. The zero-order valence-electron chi connectivity index (χ0n) is 11.4. The Morgan fingerprint density at radius 3 is 2.40 bits per heavy atom. The molecule has 1 aromatic rings. The molecule has 2 unspecified atom stereocenters. The van der Waals surface area contributed by atoms with Gasteiger partial charge < -0.3 is 9.84 Å². The minimum Gasteiger partial charge on any atom is -0.481 e. The van der Waals surface area contributed by atoms with E-state index in [-0.39, 0.29) is 17.4 Å². The van der Waals surface area contributed by atoms with Gasteiger partial charge in [-0.05, 0) is 25.1 Å². The summed E-state index contributed by atoms with van der Waals surface area (Å²) in [6, 6.07) is 4.48. The van der Waals surface area contributed by atoms with Gasteiger partial charge >= 0.3 is 5.97 Å². The summed E-state index contributed by atoms with van der Waals surface area (Å²) >= 11 is 11.7. The largest absolute Gasteiger partial charge is 0.481 e. The fraction of sp³-hybridized carbons (Fsp3) is 0.429. The fourth-order valence-corrected chi connectivity index (χ4v) is 2.22. The number of Topliss-reactive ketones (excluding diaryl/α,β-unsaturated/α-hetero) is 1. The Bertz CT molecular complexity index is 530. The van der Waals surface area contributed by atoms with Gasteiger partial charge in [0.15, 0.2) is 5.78 Å². The number of ketones is 1. The third-order valence-electron chi connectivity index (χ3n) is 3.47. The van der Waals surface area contributed by atoms with Gasteiger partial charge in [0, 0.05) is 12.7 Å². The first kappa shape index (κ1) is 17.0. The molecule has 6 heteroatoms. The standard InChI is InChI=1S/C14H16Cl2O4/c1-8(13(18)19)14(2,7-20-3)12(17)9-4-5-10(15)11(16)6-9/h4-6,8H,7H2,1-3H3,(H,18,19). The number of halogens is 2. The first-order valence-corrected chi connectivity index (χ1v) is 6.71. The van der Waals surface area contributed by atoms with Crippen LogP contribution in [-0.4, -0.2) is 30.6 Å². The van der Waals surface area contributed by atoms with Crippen LogP contribution in [0.15, 0.2) is 18.2 Å². The van der Waals surface area contributed by atoms with Crippen molar-refractivity contribution in [3.63, 3.8) is 0 Å². The van der Waals surface area contributed by atoms with Crippen molar-refractivity contribution < 1.29 is 19.4 Å². The van der Waals surface area contributed by atoms with Crippen LogP contribution in [0.5, 0.6) is 0 Å². The van der Waals surface area contributed by atoms with Gasteiger partial charge in [0.2, 0.25) is 0 Å². The van der Waals surface area contributed by atoms with E-state index in [0.717, 1.165) is 0 Å². The number of aliphatic carboxylic acids is 1. The number of hydrogen-bond acceptors (Lipinski definition) is 3. The van der Waals surface area contributed by atoms with Crippen LogP contribution in [0, 0.1) is 11.3 Å². The Morgan fingerprint density at radius 1 is 1.35 bits per heavy atom. The monoisotopic (exact) mass is 318 g/mol. The number of carboxylic acid groups (broad SMARTS) is 1. The van der Waals surface area contributed by atoms with Crippen LogP contribution in [-0.2, 0) is 9.53 Å². The summed E-state index contributed by atoms with van der Waals surface area (Å²) in [6.07, 6.45) is 0. The minimum absolute atomic E-state index is 0.000451. The Morgan fingerprint density at radius 2 is 1.95 bits per heavy atom. The number of benzene rings is 1. The number of methoxy groups -OCH3 is 1. The molecule has 1 N–H and O–H groups in total. The van der Waals surface area contributed by atoms with E-state index in [4.69, 9.17) is 27.9 Å². The second kappa shape index (κ2) is 6.57. The quantitative estimate of drug-likeness (QED) is 0.815. The molecule has 1 rings (SSSR count). The minimum atomic E-state index is -1.18. The summed E-state index contributed by atoms with van der Waals surface area (Å²) in [5.41, 5.74) is -0.871. The summed E-state index contributed by atoms with van der Waals surface area (Å²) in [7, 11) is 1.43. The molecule has 0 saturated carbocycles. The highest BCUT2D eigenvalue weighted by atomic mass is 35.5. The highest BCUT2D eigenvalue weighted by Crippen LogP contribution is 2.34. The van der Waals surface area contributed by atoms with Gasteiger partial charge in [0.1, 0.15) is 0 Å². The van der Waals surface area contributed by atoms with Crippen molar-refractivity contribution in [1.82, 2.24) is 0 Å². The van der Waals surface area contributed by atoms with E-state index in [1.54, 1.807) is 6.92 Å². The van der Waals surface area contributed by atoms with Gasteiger partial charge in [-0.3, -0.25) is 9.59 Å². The number of carbonyl (C=O) groups excluding carboxylic acids is 1. The van der Waals surface area contributed by atoms with Crippen molar-refractivity contribution >= 4 is 35.0 Å². The molecule has 4 nitrogen and oxygen atoms in total. The summed E-state index contributed by atoms with van der Waals surface area (Å²) < 4.78 is 5.03. The van der Waals surface area contributed by atoms with Crippen LogP contribution in [0.1, 0.15) is 24.2 Å². The van der Waals surface area contributed by atoms with E-state index in [1.165, 1.54) is 32.2 Å². The van der Waals surface area contributed by atoms with Crippen LogP contribution < -0.4 is 0 Å². The molecule has 1 aromatic carbocycles. The molecule has 0 aliphatic rings. The second-order valence-corrected chi connectivity index (χ2v) is 5.68. The molecule has 110 valence electrons. The van der Waals surface area contributed by atoms with Crippen LogP contribution in [0.2, 0.25) is 10.0 Å². The molecule has 20 heavy (non-hydrogen) atoms. The second-order valence-electron chi connectivity index (χ2n) is 4.87. The normalized spacial score (nSPS) is 15.4. The summed E-state index contributed by atoms with van der Waals surface area (Å²) in [5.74, 6) is -2.30. The van der Waals surface area contributed by atoms with E-state index in [1.807, 2.05) is 0 Å². The summed E-state index contributed by atoms with van der Waals surface area (Å²) in [5, 5.41) is 9.77. The lowest BCUT2D eigenvalue weighted by Crippen LogP contribution is -2.42. The molecule has 0 aliphatic heterocycles. The lowest BCUT2D eigenvalue weighted by Gasteiger charge is -2.31. The Kier molecular flexibility index (Phi) is 5.57. The van der Waals surface area contributed by atoms with Crippen LogP contribution in [0.4, 0.5) is 0 Å². The molecule has 0 bridgehead atoms. The van der Waals surface area contributed by atoms with E-state index in [0.29, 0.717) is 10.6 Å². The molecular weight excluding hydrogens is 303 g/mol. The maximum Gasteiger partial charge on any atom is 0.307 e. The third-order valence-corrected chi connectivity index (χ3v) is 4.21. The number of rotatable bonds is 6. The van der Waals surface area contributed by atoms with Crippen LogP contribution in [0.25, 0.3) is 0 Å². The molecule has 0 radical (unpaired) electrons. The molecule has 0 fully saturated rings. The molecule has 0 spiro atoms. The zero-order chi connectivity index (χ0) is 15.5. The number of hydrogen-bond donors (Lipinski definition) is 1. The highest BCUT2D eigenvalue weighted by Gasteiger charge is 2.43. The number of carboxylic acids is 1. The lowest BCUT2D eigenvalue weighted by molar-refractivity contribution is -0.145. The Balaban J connectivity index is 3.23. The van der Waals surface area contributed by atoms with Crippen LogP contribution in [0.3, 0.4) is 0 Å². The van der Waals surface area contributed by atoms with Crippen molar-refractivity contribution in [2.24, 2.45) is 11.3 Å². The van der Waals surface area contributed by atoms with E-state index >= 15 is 0 Å². The van der Waals surface area contributed by atoms with Crippen molar-refractivity contribution in [2.75, 3.05) is 13.7 Å². The third kappa shape index (κ3) is 3.32. The average molecular weight is 319 g/mol.